The van der Waals surface area contributed by atoms with Crippen LogP contribution >= 0.6 is 0 Å². The Labute approximate surface area is 127 Å². The average molecular weight is 316 g/mol. The smallest absolute Gasteiger partial charge is 0.266 e. The first-order chi connectivity index (χ1) is 8.79. The van der Waals surface area contributed by atoms with Crippen molar-refractivity contribution >= 4 is 20.2 Å². The topological polar surface area (TPSA) is 46.5 Å². The third kappa shape index (κ3) is 5.48. The minimum absolute atomic E-state index is 0.00456. The molecular weight excluding hydrogens is 292 g/mol. The Morgan fingerprint density at radius 3 is 1.75 bits per heavy atom. The summed E-state index contributed by atoms with van der Waals surface area (Å²) in [6, 6.07) is 6.21. The number of benzene rings is 1. The first kappa shape index (κ1) is 17.6. The second kappa shape index (κ2) is 5.72. The van der Waals surface area contributed by atoms with Gasteiger partial charge in [-0.25, -0.2) is 0 Å². The molecule has 0 aliphatic carbocycles. The summed E-state index contributed by atoms with van der Waals surface area (Å²) in [5, 5.41) is 0. The molecule has 0 saturated carbocycles. The lowest BCUT2D eigenvalue weighted by Crippen LogP contribution is -2.17. The molecule has 1 N–H and O–H groups in total. The van der Waals surface area contributed by atoms with E-state index < -0.39 is 9.05 Å². The molecule has 3 nitrogen and oxygen atoms in total. The maximum absolute atomic E-state index is 11.1. The monoisotopic (exact) mass is 316 g/mol. The van der Waals surface area contributed by atoms with Crippen molar-refractivity contribution in [1.82, 2.24) is 0 Å². The van der Waals surface area contributed by atoms with Crippen LogP contribution in [0.5, 0.6) is 0 Å². The van der Waals surface area contributed by atoms with Gasteiger partial charge < -0.3 is 0 Å². The van der Waals surface area contributed by atoms with Crippen molar-refractivity contribution < 1.29 is 12.9 Å². The van der Waals surface area contributed by atoms with Crippen molar-refractivity contribution in [2.45, 2.75) is 59.0 Å². The second-order valence-corrected chi connectivity index (χ2v) is 9.46. The first-order valence-corrected chi connectivity index (χ1v) is 8.92. The molecule has 20 heavy (non-hydrogen) atoms. The Balaban J connectivity index is 3.24. The molecular formula is C15H24O3S2. The predicted octanol–water partition coefficient (Wildman–Crippen LogP) is 3.93. The molecule has 0 amide bonds. The normalized spacial score (nSPS) is 15.9. The van der Waals surface area contributed by atoms with Crippen LogP contribution in [0.1, 0.15) is 58.2 Å². The van der Waals surface area contributed by atoms with Gasteiger partial charge in [-0.1, -0.05) is 59.7 Å². The van der Waals surface area contributed by atoms with Crippen molar-refractivity contribution in [1.29, 1.82) is 0 Å². The van der Waals surface area contributed by atoms with Crippen LogP contribution in [0.25, 0.3) is 0 Å². The summed E-state index contributed by atoms with van der Waals surface area (Å²) in [5.41, 5.74) is 3.23. The lowest BCUT2D eigenvalue weighted by atomic mass is 9.79. The SMILES string of the molecule is CC(C)(C)c1cc(COS(=O)(O)=S)cc(C(C)(C)C)c1. The minimum atomic E-state index is -3.59. The molecule has 5 heteroatoms. The van der Waals surface area contributed by atoms with E-state index in [4.69, 9.17) is 8.74 Å². The van der Waals surface area contributed by atoms with Gasteiger partial charge in [-0.3, -0.25) is 8.74 Å². The Morgan fingerprint density at radius 1 is 1.05 bits per heavy atom. The summed E-state index contributed by atoms with van der Waals surface area (Å²) < 4.78 is 25.0. The van der Waals surface area contributed by atoms with Crippen LogP contribution in [-0.2, 0) is 41.9 Å². The summed E-state index contributed by atoms with van der Waals surface area (Å²) in [5.74, 6) is 0. The van der Waals surface area contributed by atoms with Gasteiger partial charge in [0.05, 0.1) is 6.61 Å². The molecule has 1 aromatic carbocycles. The van der Waals surface area contributed by atoms with Crippen LogP contribution in [0, 0.1) is 0 Å². The van der Waals surface area contributed by atoms with Crippen molar-refractivity contribution in [2.75, 3.05) is 0 Å². The van der Waals surface area contributed by atoms with E-state index in [1.807, 2.05) is 12.1 Å². The van der Waals surface area contributed by atoms with Gasteiger partial charge in [0, 0.05) is 11.2 Å². The summed E-state index contributed by atoms with van der Waals surface area (Å²) in [4.78, 5) is 0. The minimum Gasteiger partial charge on any atom is -0.285 e. The standard InChI is InChI=1S/C15H24O3S2/c1-14(2,3)12-7-11(10-18-20(16,17)19)8-13(9-12)15(4,5)6/h7-9H,10H2,1-6H3,(H,16,17,19). The van der Waals surface area contributed by atoms with Gasteiger partial charge in [-0.05, 0) is 27.5 Å². The highest BCUT2D eigenvalue weighted by Gasteiger charge is 2.20. The Morgan fingerprint density at radius 2 is 1.45 bits per heavy atom. The van der Waals surface area contributed by atoms with Crippen LogP contribution < -0.4 is 0 Å². The second-order valence-electron chi connectivity index (χ2n) is 7.11. The highest BCUT2D eigenvalue weighted by molar-refractivity contribution is 8.27. The molecule has 0 heterocycles. The molecule has 0 spiro atoms. The summed E-state index contributed by atoms with van der Waals surface area (Å²) in [6.07, 6.45) is 0. The number of hydrogen-bond acceptors (Lipinski definition) is 3. The van der Waals surface area contributed by atoms with Gasteiger partial charge >= 0.3 is 0 Å². The number of rotatable bonds is 3. The molecule has 0 bridgehead atoms. The molecule has 0 fully saturated rings. The maximum Gasteiger partial charge on any atom is 0.266 e. The quantitative estimate of drug-likeness (QED) is 0.917. The van der Waals surface area contributed by atoms with Crippen LogP contribution in [0.2, 0.25) is 0 Å². The van der Waals surface area contributed by atoms with E-state index in [0.717, 1.165) is 5.56 Å². The zero-order valence-corrected chi connectivity index (χ0v) is 14.7. The van der Waals surface area contributed by atoms with Gasteiger partial charge in [-0.15, -0.1) is 0 Å². The fourth-order valence-corrected chi connectivity index (χ4v) is 2.21. The molecule has 0 aromatic heterocycles. The molecule has 0 radical (unpaired) electrons. The molecule has 1 unspecified atom stereocenters. The van der Waals surface area contributed by atoms with Gasteiger partial charge in [0.25, 0.3) is 9.05 Å². The van der Waals surface area contributed by atoms with E-state index in [1.54, 1.807) is 0 Å². The molecule has 0 saturated heterocycles. The highest BCUT2D eigenvalue weighted by atomic mass is 32.9. The predicted molar refractivity (Wildman–Crippen MR) is 86.8 cm³/mol. The highest BCUT2D eigenvalue weighted by Crippen LogP contribution is 2.30. The largest absolute Gasteiger partial charge is 0.285 e. The van der Waals surface area contributed by atoms with E-state index in [0.29, 0.717) is 0 Å². The third-order valence-corrected chi connectivity index (χ3v) is 3.80. The Bertz CT molecular complexity index is 544. The maximum atomic E-state index is 11.1. The van der Waals surface area contributed by atoms with Crippen molar-refractivity contribution in [3.63, 3.8) is 0 Å². The zero-order valence-electron chi connectivity index (χ0n) is 13.0. The van der Waals surface area contributed by atoms with Crippen LogP contribution in [-0.4, -0.2) is 8.76 Å². The average Bonchev–Trinajstić information content (AvgIpc) is 2.22. The Hall–Kier alpha value is -0.490. The van der Waals surface area contributed by atoms with E-state index in [-0.39, 0.29) is 17.4 Å². The number of hydrogen-bond donors (Lipinski definition) is 1. The van der Waals surface area contributed by atoms with E-state index in [2.05, 4.69) is 58.8 Å². The van der Waals surface area contributed by atoms with Gasteiger partial charge in [0.1, 0.15) is 0 Å². The van der Waals surface area contributed by atoms with Crippen molar-refractivity contribution in [2.24, 2.45) is 0 Å². The summed E-state index contributed by atoms with van der Waals surface area (Å²) in [6.45, 7) is 12.9. The van der Waals surface area contributed by atoms with Gasteiger partial charge in [-0.2, -0.15) is 4.21 Å². The lowest BCUT2D eigenvalue weighted by molar-refractivity contribution is 0.294. The van der Waals surface area contributed by atoms with Gasteiger partial charge in [0.2, 0.25) is 0 Å². The molecule has 114 valence electrons. The third-order valence-electron chi connectivity index (χ3n) is 3.10. The summed E-state index contributed by atoms with van der Waals surface area (Å²) in [7, 11) is -3.59. The summed E-state index contributed by atoms with van der Waals surface area (Å²) >= 11 is 4.36. The van der Waals surface area contributed by atoms with Crippen molar-refractivity contribution in [3.8, 4) is 0 Å². The van der Waals surface area contributed by atoms with Gasteiger partial charge in [0.15, 0.2) is 0 Å². The zero-order chi connectivity index (χ0) is 15.8. The fraction of sp³-hybridized carbons (Fsp3) is 0.600. The lowest BCUT2D eigenvalue weighted by Gasteiger charge is -2.26. The molecule has 1 rings (SSSR count). The van der Waals surface area contributed by atoms with Crippen molar-refractivity contribution in [3.05, 3.63) is 34.9 Å². The van der Waals surface area contributed by atoms with E-state index in [9.17, 15) is 4.21 Å². The first-order valence-electron chi connectivity index (χ1n) is 6.56. The van der Waals surface area contributed by atoms with E-state index >= 15 is 0 Å². The van der Waals surface area contributed by atoms with Crippen LogP contribution in [0.4, 0.5) is 0 Å². The van der Waals surface area contributed by atoms with E-state index in [1.165, 1.54) is 11.1 Å². The fourth-order valence-electron chi connectivity index (χ4n) is 1.78. The van der Waals surface area contributed by atoms with Crippen LogP contribution in [0.3, 0.4) is 0 Å². The molecule has 1 atom stereocenters. The molecule has 0 aliphatic heterocycles. The molecule has 0 aliphatic rings. The van der Waals surface area contributed by atoms with Crippen LogP contribution in [0.15, 0.2) is 18.2 Å². The molecule has 1 aromatic rings. The Kier molecular flexibility index (Phi) is 5.02.